The van der Waals surface area contributed by atoms with Gasteiger partial charge in [-0.25, -0.2) is 19.9 Å². The van der Waals surface area contributed by atoms with Crippen LogP contribution in [0, 0.1) is 11.8 Å². The van der Waals surface area contributed by atoms with Crippen molar-refractivity contribution < 1.29 is 9.47 Å². The van der Waals surface area contributed by atoms with Crippen LogP contribution in [0.25, 0.3) is 22.5 Å². The van der Waals surface area contributed by atoms with Gasteiger partial charge in [-0.1, -0.05) is 35.3 Å². The van der Waals surface area contributed by atoms with Crippen LogP contribution >= 0.6 is 23.2 Å². The number of anilines is 4. The molecule has 0 saturated carbocycles. The second-order valence-electron chi connectivity index (χ2n) is 13.7. The van der Waals surface area contributed by atoms with Gasteiger partial charge in [0.05, 0.1) is 32.6 Å². The van der Waals surface area contributed by atoms with Crippen molar-refractivity contribution in [3.8, 4) is 22.5 Å². The third-order valence-electron chi connectivity index (χ3n) is 8.55. The Kier molecular flexibility index (Phi) is 11.6. The van der Waals surface area contributed by atoms with E-state index in [0.29, 0.717) is 33.5 Å². The highest BCUT2D eigenvalue weighted by atomic mass is 35.5. The van der Waals surface area contributed by atoms with Crippen LogP contribution in [0.2, 0.25) is 10.0 Å². The molecule has 0 amide bonds. The molecule has 2 aliphatic heterocycles. The molecule has 6 rings (SSSR count). The van der Waals surface area contributed by atoms with Crippen molar-refractivity contribution in [2.45, 2.75) is 64.6 Å². The normalized spacial score (nSPS) is 19.9. The van der Waals surface area contributed by atoms with E-state index in [0.717, 1.165) is 86.1 Å². The van der Waals surface area contributed by atoms with Gasteiger partial charge in [-0.05, 0) is 102 Å². The molecular formula is C36H46Cl2N8O2. The van der Waals surface area contributed by atoms with Crippen LogP contribution in [0.4, 0.5) is 23.3 Å². The summed E-state index contributed by atoms with van der Waals surface area (Å²) in [6, 6.07) is 15.2. The van der Waals surface area contributed by atoms with Crippen LogP contribution in [-0.2, 0) is 9.47 Å². The molecule has 0 aromatic carbocycles. The number of aromatic nitrogens is 4. The van der Waals surface area contributed by atoms with E-state index >= 15 is 0 Å². The van der Waals surface area contributed by atoms with Gasteiger partial charge in [-0.3, -0.25) is 0 Å². The average Bonchev–Trinajstić information content (AvgIpc) is 3.05. The molecule has 2 fully saturated rings. The molecule has 0 radical (unpaired) electrons. The van der Waals surface area contributed by atoms with Crippen molar-refractivity contribution in [1.82, 2.24) is 19.9 Å². The van der Waals surface area contributed by atoms with Gasteiger partial charge in [-0.2, -0.15) is 0 Å². The Morgan fingerprint density at radius 3 is 1.52 bits per heavy atom. The predicted molar refractivity (Wildman–Crippen MR) is 196 cm³/mol. The van der Waals surface area contributed by atoms with Crippen LogP contribution in [0.15, 0.2) is 60.9 Å². The van der Waals surface area contributed by atoms with Gasteiger partial charge in [0, 0.05) is 49.8 Å². The first-order valence-corrected chi connectivity index (χ1v) is 17.1. The minimum atomic E-state index is -0.0397. The summed E-state index contributed by atoms with van der Waals surface area (Å²) in [6.45, 7) is 12.0. The van der Waals surface area contributed by atoms with E-state index in [9.17, 15) is 0 Å². The fourth-order valence-electron chi connectivity index (χ4n) is 6.23. The number of rotatable bonds is 8. The number of nitrogen functional groups attached to an aromatic ring is 2. The highest BCUT2D eigenvalue weighted by Gasteiger charge is 2.29. The molecule has 48 heavy (non-hydrogen) atoms. The first-order valence-electron chi connectivity index (χ1n) is 16.4. The van der Waals surface area contributed by atoms with E-state index in [2.05, 4.69) is 58.3 Å². The highest BCUT2D eigenvalue weighted by molar-refractivity contribution is 6.33. The molecule has 0 spiro atoms. The lowest BCUT2D eigenvalue weighted by molar-refractivity contribution is -0.0703. The molecule has 2 atom stereocenters. The second kappa shape index (κ2) is 15.7. The van der Waals surface area contributed by atoms with Crippen molar-refractivity contribution in [3.63, 3.8) is 0 Å². The van der Waals surface area contributed by atoms with E-state index in [1.165, 1.54) is 0 Å². The van der Waals surface area contributed by atoms with E-state index < -0.39 is 0 Å². The molecule has 2 saturated heterocycles. The molecule has 0 bridgehead atoms. The smallest absolute Gasteiger partial charge is 0.126 e. The van der Waals surface area contributed by atoms with Gasteiger partial charge >= 0.3 is 0 Å². The first-order chi connectivity index (χ1) is 22.9. The third-order valence-corrected chi connectivity index (χ3v) is 9.15. The van der Waals surface area contributed by atoms with E-state index in [1.54, 1.807) is 24.5 Å². The van der Waals surface area contributed by atoms with Gasteiger partial charge in [0.2, 0.25) is 0 Å². The maximum absolute atomic E-state index is 6.22. The predicted octanol–water partition coefficient (Wildman–Crippen LogP) is 7.99. The summed E-state index contributed by atoms with van der Waals surface area (Å²) in [5.74, 6) is 3.70. The molecule has 4 aromatic rings. The zero-order valence-electron chi connectivity index (χ0n) is 28.1. The van der Waals surface area contributed by atoms with Crippen molar-refractivity contribution in [1.29, 1.82) is 0 Å². The van der Waals surface area contributed by atoms with E-state index in [4.69, 9.17) is 44.1 Å². The summed E-state index contributed by atoms with van der Waals surface area (Å²) in [5, 5.41) is 7.96. The summed E-state index contributed by atoms with van der Waals surface area (Å²) in [5.41, 5.74) is 14.6. The summed E-state index contributed by atoms with van der Waals surface area (Å²) >= 11 is 12.4. The third kappa shape index (κ3) is 10.2. The molecule has 4 aromatic heterocycles. The van der Waals surface area contributed by atoms with Crippen LogP contribution in [0.5, 0.6) is 0 Å². The number of hydrogen-bond acceptors (Lipinski definition) is 10. The molecule has 0 unspecified atom stereocenters. The van der Waals surface area contributed by atoms with Crippen molar-refractivity contribution in [2.75, 3.05) is 48.4 Å². The Hall–Kier alpha value is -3.70. The number of halogens is 2. The molecule has 6 heterocycles. The fraction of sp³-hybridized carbons (Fsp3) is 0.444. The monoisotopic (exact) mass is 692 g/mol. The maximum Gasteiger partial charge on any atom is 0.126 e. The van der Waals surface area contributed by atoms with Crippen LogP contribution in [0.3, 0.4) is 0 Å². The number of nitrogens with zero attached hydrogens (tertiary/aromatic N) is 4. The summed E-state index contributed by atoms with van der Waals surface area (Å²) in [6.07, 6.45) is 7.35. The summed E-state index contributed by atoms with van der Waals surface area (Å²) < 4.78 is 11.5. The van der Waals surface area contributed by atoms with Crippen LogP contribution in [0.1, 0.15) is 53.4 Å². The molecule has 0 aliphatic carbocycles. The Morgan fingerprint density at radius 1 is 0.708 bits per heavy atom. The number of pyridine rings is 4. The topological polar surface area (TPSA) is 146 Å². The standard InChI is InChI=1S/2C18H23ClN4O/c2*1-18(2)9-12(6-7-24-18)10-22-17-5-3-4-15(23-17)13-8-16(20)21-11-14(13)19/h2*3-5,8,11-12H,6-7,9-10H2,1-2H3,(H2,20,21)(H,22,23)/t2*12-/m10/s1. The Bertz CT molecular complexity index is 1560. The van der Waals surface area contributed by atoms with E-state index in [1.807, 2.05) is 36.4 Å². The van der Waals surface area contributed by atoms with Gasteiger partial charge in [0.15, 0.2) is 0 Å². The first kappa shape index (κ1) is 35.6. The number of hydrogen-bond donors (Lipinski definition) is 4. The lowest BCUT2D eigenvalue weighted by atomic mass is 9.88. The number of nitrogens with one attached hydrogen (secondary N) is 2. The van der Waals surface area contributed by atoms with Gasteiger partial charge < -0.3 is 31.6 Å². The molecule has 256 valence electrons. The van der Waals surface area contributed by atoms with Crippen molar-refractivity contribution >= 4 is 46.5 Å². The Balaban J connectivity index is 0.000000188. The molecule has 2 aliphatic rings. The largest absolute Gasteiger partial charge is 0.384 e. The Labute approximate surface area is 293 Å². The van der Waals surface area contributed by atoms with Gasteiger partial charge in [-0.15, -0.1) is 0 Å². The quantitative estimate of drug-likeness (QED) is 0.143. The zero-order valence-corrected chi connectivity index (χ0v) is 29.6. The molecular weight excluding hydrogens is 647 g/mol. The van der Waals surface area contributed by atoms with E-state index in [-0.39, 0.29) is 11.2 Å². The molecule has 12 heteroatoms. The van der Waals surface area contributed by atoms with Crippen molar-refractivity contribution in [2.24, 2.45) is 11.8 Å². The number of ether oxygens (including phenoxy) is 2. The van der Waals surface area contributed by atoms with Crippen LogP contribution in [-0.4, -0.2) is 57.4 Å². The zero-order chi connectivity index (χ0) is 34.3. The maximum atomic E-state index is 6.22. The average molecular weight is 694 g/mol. The van der Waals surface area contributed by atoms with Gasteiger partial charge in [0.1, 0.15) is 23.3 Å². The lowest BCUT2D eigenvalue weighted by Crippen LogP contribution is -2.36. The molecule has 6 N–H and O–H groups in total. The number of nitrogens with two attached hydrogens (primary N) is 2. The summed E-state index contributed by atoms with van der Waals surface area (Å²) in [4.78, 5) is 17.3. The second-order valence-corrected chi connectivity index (χ2v) is 14.5. The van der Waals surface area contributed by atoms with Gasteiger partial charge in [0.25, 0.3) is 0 Å². The molecule has 10 nitrogen and oxygen atoms in total. The SMILES string of the molecule is CC1(C)C[C@@H](CNc2cccc(-c3cc(N)ncc3Cl)n2)CCO1.CC1(C)C[C@H](CNc2cccc(-c3cc(N)ncc3Cl)n2)CCO1. The van der Waals surface area contributed by atoms with Crippen molar-refractivity contribution in [3.05, 3.63) is 71.0 Å². The Morgan fingerprint density at radius 2 is 1.12 bits per heavy atom. The highest BCUT2D eigenvalue weighted by Crippen LogP contribution is 2.32. The van der Waals surface area contributed by atoms with Crippen LogP contribution < -0.4 is 22.1 Å². The fourth-order valence-corrected chi connectivity index (χ4v) is 6.63. The minimum absolute atomic E-state index is 0.0397. The minimum Gasteiger partial charge on any atom is -0.384 e. The summed E-state index contributed by atoms with van der Waals surface area (Å²) in [7, 11) is 0. The lowest BCUT2D eigenvalue weighted by Gasteiger charge is -2.35.